The molecule has 1 aromatic rings. The fourth-order valence-electron chi connectivity index (χ4n) is 2.36. The van der Waals surface area contributed by atoms with E-state index in [1.165, 1.54) is 11.8 Å². The lowest BCUT2D eigenvalue weighted by Gasteiger charge is -2.26. The normalized spacial score (nSPS) is 16.6. The van der Waals surface area contributed by atoms with Gasteiger partial charge in [0.2, 0.25) is 0 Å². The topological polar surface area (TPSA) is 93.7 Å². The van der Waals surface area contributed by atoms with Crippen molar-refractivity contribution in [2.24, 2.45) is 0 Å². The standard InChI is InChI=1S/C18H22N2O5S/c1-4-24-17(22)16-12(3)19-18(23)20-14(16)9-25-15(21)10-26-13-7-5-11(2)6-8-13/h5-8,12H,4,9-10H2,1-3H3,(H2,19,20,23)/t12-/m1/s1. The first-order valence-electron chi connectivity index (χ1n) is 8.23. The number of rotatable bonds is 7. The van der Waals surface area contributed by atoms with Gasteiger partial charge in [0.25, 0.3) is 0 Å². The van der Waals surface area contributed by atoms with Crippen molar-refractivity contribution in [1.82, 2.24) is 10.6 Å². The van der Waals surface area contributed by atoms with Gasteiger partial charge >= 0.3 is 18.0 Å². The van der Waals surface area contributed by atoms with Crippen LogP contribution in [-0.4, -0.2) is 43.0 Å². The van der Waals surface area contributed by atoms with Gasteiger partial charge in [-0.3, -0.25) is 4.79 Å². The van der Waals surface area contributed by atoms with Gasteiger partial charge in [-0.2, -0.15) is 0 Å². The highest BCUT2D eigenvalue weighted by Crippen LogP contribution is 2.19. The molecule has 8 heteroatoms. The highest BCUT2D eigenvalue weighted by atomic mass is 32.2. The first-order valence-corrected chi connectivity index (χ1v) is 9.22. The summed E-state index contributed by atoms with van der Waals surface area (Å²) in [5, 5.41) is 5.10. The largest absolute Gasteiger partial charge is 0.463 e. The monoisotopic (exact) mass is 378 g/mol. The molecule has 26 heavy (non-hydrogen) atoms. The number of hydrogen-bond acceptors (Lipinski definition) is 6. The van der Waals surface area contributed by atoms with Gasteiger partial charge in [-0.25, -0.2) is 9.59 Å². The molecule has 140 valence electrons. The molecule has 0 radical (unpaired) electrons. The summed E-state index contributed by atoms with van der Waals surface area (Å²) in [7, 11) is 0. The maximum atomic E-state index is 12.1. The van der Waals surface area contributed by atoms with Gasteiger partial charge < -0.3 is 20.1 Å². The minimum absolute atomic E-state index is 0.132. The Hall–Kier alpha value is -2.48. The second-order valence-corrected chi connectivity index (χ2v) is 6.74. The fourth-order valence-corrected chi connectivity index (χ4v) is 3.06. The van der Waals surface area contributed by atoms with Crippen molar-refractivity contribution in [3.8, 4) is 0 Å². The number of hydrogen-bond donors (Lipinski definition) is 2. The van der Waals surface area contributed by atoms with E-state index in [4.69, 9.17) is 9.47 Å². The number of benzene rings is 1. The van der Waals surface area contributed by atoms with Crippen LogP contribution in [0.5, 0.6) is 0 Å². The van der Waals surface area contributed by atoms with Crippen molar-refractivity contribution in [2.75, 3.05) is 19.0 Å². The zero-order chi connectivity index (χ0) is 19.1. The van der Waals surface area contributed by atoms with Gasteiger partial charge in [0.15, 0.2) is 0 Å². The van der Waals surface area contributed by atoms with E-state index in [9.17, 15) is 14.4 Å². The number of amides is 2. The molecule has 7 nitrogen and oxygen atoms in total. The van der Waals surface area contributed by atoms with E-state index in [2.05, 4.69) is 10.6 Å². The highest BCUT2D eigenvalue weighted by molar-refractivity contribution is 8.00. The Morgan fingerprint density at radius 1 is 1.19 bits per heavy atom. The third kappa shape index (κ3) is 5.52. The summed E-state index contributed by atoms with van der Waals surface area (Å²) < 4.78 is 10.2. The number of esters is 2. The summed E-state index contributed by atoms with van der Waals surface area (Å²) in [5.41, 5.74) is 1.64. The molecule has 0 saturated heterocycles. The second-order valence-electron chi connectivity index (χ2n) is 5.70. The Labute approximate surface area is 156 Å². The van der Waals surface area contributed by atoms with E-state index in [-0.39, 0.29) is 30.2 Å². The van der Waals surface area contributed by atoms with Crippen molar-refractivity contribution < 1.29 is 23.9 Å². The molecular formula is C18H22N2O5S. The Morgan fingerprint density at radius 2 is 1.88 bits per heavy atom. The Bertz CT molecular complexity index is 715. The highest BCUT2D eigenvalue weighted by Gasteiger charge is 2.30. The maximum Gasteiger partial charge on any atom is 0.338 e. The maximum absolute atomic E-state index is 12.1. The summed E-state index contributed by atoms with van der Waals surface area (Å²) in [6.07, 6.45) is 0. The Balaban J connectivity index is 1.96. The molecule has 2 amide bonds. The lowest BCUT2D eigenvalue weighted by molar-refractivity contribution is -0.141. The van der Waals surface area contributed by atoms with Crippen LogP contribution in [0, 0.1) is 6.92 Å². The molecule has 2 N–H and O–H groups in total. The van der Waals surface area contributed by atoms with E-state index in [1.807, 2.05) is 31.2 Å². The van der Waals surface area contributed by atoms with Crippen LogP contribution in [0.4, 0.5) is 4.79 Å². The summed E-state index contributed by atoms with van der Waals surface area (Å²) in [6.45, 7) is 5.37. The van der Waals surface area contributed by atoms with E-state index >= 15 is 0 Å². The van der Waals surface area contributed by atoms with E-state index in [0.29, 0.717) is 0 Å². The fraction of sp³-hybridized carbons (Fsp3) is 0.389. The van der Waals surface area contributed by atoms with E-state index in [1.54, 1.807) is 13.8 Å². The quantitative estimate of drug-likeness (QED) is 0.558. The summed E-state index contributed by atoms with van der Waals surface area (Å²) >= 11 is 1.36. The predicted molar refractivity (Wildman–Crippen MR) is 97.7 cm³/mol. The van der Waals surface area contributed by atoms with Crippen LogP contribution in [-0.2, 0) is 19.1 Å². The van der Waals surface area contributed by atoms with Crippen LogP contribution < -0.4 is 10.6 Å². The van der Waals surface area contributed by atoms with Crippen LogP contribution in [0.15, 0.2) is 40.4 Å². The third-order valence-electron chi connectivity index (χ3n) is 3.62. The average molecular weight is 378 g/mol. The molecule has 0 fully saturated rings. The predicted octanol–water partition coefficient (Wildman–Crippen LogP) is 2.15. The number of urea groups is 1. The van der Waals surface area contributed by atoms with Crippen molar-refractivity contribution in [1.29, 1.82) is 0 Å². The molecule has 1 aliphatic heterocycles. The molecule has 1 atom stereocenters. The smallest absolute Gasteiger partial charge is 0.338 e. The molecule has 2 rings (SSSR count). The molecule has 1 aromatic carbocycles. The van der Waals surface area contributed by atoms with E-state index < -0.39 is 24.0 Å². The molecule has 1 heterocycles. The summed E-state index contributed by atoms with van der Waals surface area (Å²) in [5.74, 6) is -0.855. The molecular weight excluding hydrogens is 356 g/mol. The van der Waals surface area contributed by atoms with Gasteiger partial charge in [0.1, 0.15) is 6.61 Å². The van der Waals surface area contributed by atoms with Crippen LogP contribution >= 0.6 is 11.8 Å². The van der Waals surface area contributed by atoms with Crippen molar-refractivity contribution >= 4 is 29.7 Å². The van der Waals surface area contributed by atoms with Gasteiger partial charge in [-0.05, 0) is 32.9 Å². The number of carbonyl (C=O) groups excluding carboxylic acids is 3. The number of carbonyl (C=O) groups is 3. The molecule has 0 saturated carbocycles. The number of ether oxygens (including phenoxy) is 2. The molecule has 0 spiro atoms. The first kappa shape index (κ1) is 19.8. The van der Waals surface area contributed by atoms with E-state index in [0.717, 1.165) is 10.5 Å². The zero-order valence-corrected chi connectivity index (χ0v) is 15.8. The van der Waals surface area contributed by atoms with Crippen molar-refractivity contribution in [2.45, 2.75) is 31.7 Å². The van der Waals surface area contributed by atoms with Crippen LogP contribution in [0.1, 0.15) is 19.4 Å². The van der Waals surface area contributed by atoms with Gasteiger partial charge in [-0.1, -0.05) is 17.7 Å². The number of aryl methyl sites for hydroxylation is 1. The third-order valence-corrected chi connectivity index (χ3v) is 4.61. The van der Waals surface area contributed by atoms with Crippen LogP contribution in [0.25, 0.3) is 0 Å². The Kier molecular flexibility index (Phi) is 7.08. The summed E-state index contributed by atoms with van der Waals surface area (Å²) in [4.78, 5) is 36.7. The van der Waals surface area contributed by atoms with Crippen LogP contribution in [0.3, 0.4) is 0 Å². The minimum atomic E-state index is -0.549. The lowest BCUT2D eigenvalue weighted by atomic mass is 10.0. The Morgan fingerprint density at radius 3 is 2.54 bits per heavy atom. The summed E-state index contributed by atoms with van der Waals surface area (Å²) in [6, 6.07) is 6.82. The van der Waals surface area contributed by atoms with Crippen molar-refractivity contribution in [3.05, 3.63) is 41.1 Å². The second kappa shape index (κ2) is 9.28. The number of thioether (sulfide) groups is 1. The van der Waals surface area contributed by atoms with Gasteiger partial charge in [0, 0.05) is 4.90 Å². The van der Waals surface area contributed by atoms with Crippen molar-refractivity contribution in [3.63, 3.8) is 0 Å². The molecule has 0 aromatic heterocycles. The SMILES string of the molecule is CCOC(=O)C1=C(COC(=O)CSc2ccc(C)cc2)NC(=O)N[C@@H]1C. The molecule has 0 bridgehead atoms. The van der Waals surface area contributed by atoms with Crippen LogP contribution in [0.2, 0.25) is 0 Å². The number of nitrogens with one attached hydrogen (secondary N) is 2. The molecule has 0 unspecified atom stereocenters. The minimum Gasteiger partial charge on any atom is -0.463 e. The van der Waals surface area contributed by atoms with Gasteiger partial charge in [0.05, 0.1) is 29.7 Å². The molecule has 0 aliphatic carbocycles. The lowest BCUT2D eigenvalue weighted by Crippen LogP contribution is -2.50. The van der Waals surface area contributed by atoms with Gasteiger partial charge in [-0.15, -0.1) is 11.8 Å². The average Bonchev–Trinajstić information content (AvgIpc) is 2.59. The first-order chi connectivity index (χ1) is 12.4. The molecule has 1 aliphatic rings. The zero-order valence-electron chi connectivity index (χ0n) is 15.0.